The number of carbonyl (C=O) groups excluding carboxylic acids is 1. The third kappa shape index (κ3) is 3.73. The molecule has 0 aliphatic carbocycles. The van der Waals surface area contributed by atoms with E-state index in [0.29, 0.717) is 37.9 Å². The van der Waals surface area contributed by atoms with Crippen molar-refractivity contribution in [1.29, 1.82) is 0 Å². The highest BCUT2D eigenvalue weighted by Crippen LogP contribution is 2.26. The maximum atomic E-state index is 12.9. The van der Waals surface area contributed by atoms with Gasteiger partial charge in [0.15, 0.2) is 5.76 Å². The molecule has 0 unspecified atom stereocenters. The quantitative estimate of drug-likeness (QED) is 0.668. The van der Waals surface area contributed by atoms with Gasteiger partial charge in [-0.25, -0.2) is 13.4 Å². The van der Waals surface area contributed by atoms with Crippen LogP contribution in [0.15, 0.2) is 63.1 Å². The Kier molecular flexibility index (Phi) is 5.17. The number of piperazine rings is 1. The van der Waals surface area contributed by atoms with Gasteiger partial charge in [-0.2, -0.15) is 4.98 Å². The fourth-order valence-electron chi connectivity index (χ4n) is 3.31. The van der Waals surface area contributed by atoms with Crippen LogP contribution in [0.1, 0.15) is 16.1 Å². The molecular weight excluding hydrogens is 406 g/mol. The highest BCUT2D eigenvalue weighted by Gasteiger charge is 2.27. The molecule has 0 radical (unpaired) electrons. The molecule has 9 nitrogen and oxygen atoms in total. The normalized spacial score (nSPS) is 14.7. The van der Waals surface area contributed by atoms with Gasteiger partial charge in [-0.3, -0.25) is 4.79 Å². The number of sulfone groups is 1. The van der Waals surface area contributed by atoms with E-state index in [0.717, 1.165) is 5.56 Å². The third-order valence-corrected chi connectivity index (χ3v) is 6.71. The van der Waals surface area contributed by atoms with E-state index in [4.69, 9.17) is 10.2 Å². The number of nitrogen functional groups attached to an aromatic ring is 1. The van der Waals surface area contributed by atoms with Crippen LogP contribution in [0.4, 0.5) is 11.8 Å². The van der Waals surface area contributed by atoms with Crippen molar-refractivity contribution in [2.45, 2.75) is 16.7 Å². The maximum Gasteiger partial charge on any atom is 0.289 e. The van der Waals surface area contributed by atoms with Gasteiger partial charge in [0.25, 0.3) is 5.91 Å². The van der Waals surface area contributed by atoms with Crippen LogP contribution in [0, 0.1) is 6.92 Å². The van der Waals surface area contributed by atoms with Crippen LogP contribution in [-0.4, -0.2) is 55.4 Å². The Hall–Kier alpha value is -3.40. The first kappa shape index (κ1) is 19.9. The summed E-state index contributed by atoms with van der Waals surface area (Å²) in [5, 5.41) is 0. The van der Waals surface area contributed by atoms with E-state index in [1.165, 1.54) is 18.5 Å². The molecule has 1 aliphatic rings. The van der Waals surface area contributed by atoms with E-state index in [1.54, 1.807) is 29.2 Å². The number of nitrogens with zero attached hydrogens (tertiary/aromatic N) is 4. The zero-order chi connectivity index (χ0) is 21.3. The first-order valence-electron chi connectivity index (χ1n) is 9.38. The van der Waals surface area contributed by atoms with Gasteiger partial charge in [0, 0.05) is 26.2 Å². The Labute approximate surface area is 174 Å². The molecule has 10 heteroatoms. The van der Waals surface area contributed by atoms with Crippen molar-refractivity contribution in [1.82, 2.24) is 14.9 Å². The number of aryl methyl sites for hydroxylation is 1. The van der Waals surface area contributed by atoms with Crippen LogP contribution < -0.4 is 10.6 Å². The zero-order valence-electron chi connectivity index (χ0n) is 16.4. The van der Waals surface area contributed by atoms with Crippen molar-refractivity contribution in [3.05, 3.63) is 60.2 Å². The van der Waals surface area contributed by atoms with Crippen molar-refractivity contribution in [2.24, 2.45) is 0 Å². The number of furan rings is 1. The summed E-state index contributed by atoms with van der Waals surface area (Å²) in [5.41, 5.74) is 6.82. The lowest BCUT2D eigenvalue weighted by molar-refractivity contribution is 0.0714. The van der Waals surface area contributed by atoms with Crippen LogP contribution in [0.25, 0.3) is 0 Å². The molecule has 30 heavy (non-hydrogen) atoms. The Balaban J connectivity index is 1.50. The van der Waals surface area contributed by atoms with Gasteiger partial charge in [0.05, 0.1) is 17.4 Å². The van der Waals surface area contributed by atoms with Gasteiger partial charge < -0.3 is 20.0 Å². The van der Waals surface area contributed by atoms with E-state index < -0.39 is 9.84 Å². The number of hydrogen-bond acceptors (Lipinski definition) is 8. The van der Waals surface area contributed by atoms with Crippen LogP contribution in [0.3, 0.4) is 0 Å². The van der Waals surface area contributed by atoms with E-state index in [-0.39, 0.29) is 21.5 Å². The molecule has 0 saturated carbocycles. The maximum absolute atomic E-state index is 12.9. The Bertz CT molecular complexity index is 1170. The van der Waals surface area contributed by atoms with Crippen LogP contribution in [0.2, 0.25) is 0 Å². The molecule has 156 valence electrons. The van der Waals surface area contributed by atoms with Gasteiger partial charge in [-0.15, -0.1) is 0 Å². The molecule has 1 fully saturated rings. The average molecular weight is 427 g/mol. The van der Waals surface area contributed by atoms with Crippen LogP contribution >= 0.6 is 0 Å². The molecule has 1 amide bonds. The lowest BCUT2D eigenvalue weighted by atomic mass is 10.2. The number of benzene rings is 1. The number of anilines is 2. The lowest BCUT2D eigenvalue weighted by Crippen LogP contribution is -2.49. The summed E-state index contributed by atoms with van der Waals surface area (Å²) in [4.78, 5) is 24.4. The highest BCUT2D eigenvalue weighted by molar-refractivity contribution is 7.91. The fraction of sp³-hybridized carbons (Fsp3) is 0.250. The van der Waals surface area contributed by atoms with Crippen LogP contribution in [-0.2, 0) is 9.84 Å². The fourth-order valence-corrected chi connectivity index (χ4v) is 4.67. The minimum atomic E-state index is -3.82. The van der Waals surface area contributed by atoms with Crippen molar-refractivity contribution >= 4 is 27.5 Å². The second-order valence-corrected chi connectivity index (χ2v) is 8.91. The molecule has 0 bridgehead atoms. The summed E-state index contributed by atoms with van der Waals surface area (Å²) < 4.78 is 31.0. The van der Waals surface area contributed by atoms with E-state index in [9.17, 15) is 13.2 Å². The number of hydrogen-bond donors (Lipinski definition) is 1. The summed E-state index contributed by atoms with van der Waals surface area (Å²) in [6, 6.07) is 9.90. The third-order valence-electron chi connectivity index (χ3n) is 4.94. The summed E-state index contributed by atoms with van der Waals surface area (Å²) >= 11 is 0. The van der Waals surface area contributed by atoms with Crippen molar-refractivity contribution in [3.8, 4) is 0 Å². The monoisotopic (exact) mass is 427 g/mol. The minimum Gasteiger partial charge on any atom is -0.459 e. The van der Waals surface area contributed by atoms with Crippen molar-refractivity contribution in [3.63, 3.8) is 0 Å². The van der Waals surface area contributed by atoms with Gasteiger partial charge >= 0.3 is 0 Å². The first-order chi connectivity index (χ1) is 14.4. The standard InChI is InChI=1S/C20H21N5O4S/c1-14-4-2-5-15(12-14)30(27,28)17-13-22-20(23-18(17)21)25-9-7-24(8-10-25)19(26)16-6-3-11-29-16/h2-6,11-13H,7-10H2,1H3,(H2,21,22,23). The molecule has 3 aromatic rings. The zero-order valence-corrected chi connectivity index (χ0v) is 17.2. The Morgan fingerprint density at radius 2 is 1.90 bits per heavy atom. The van der Waals surface area contributed by atoms with Gasteiger partial charge in [-0.1, -0.05) is 12.1 Å². The van der Waals surface area contributed by atoms with Crippen molar-refractivity contribution < 1.29 is 17.6 Å². The van der Waals surface area contributed by atoms with Crippen LogP contribution in [0.5, 0.6) is 0 Å². The van der Waals surface area contributed by atoms with Gasteiger partial charge in [-0.05, 0) is 36.8 Å². The molecule has 3 heterocycles. The van der Waals surface area contributed by atoms with Gasteiger partial charge in [0.2, 0.25) is 15.8 Å². The number of amides is 1. The molecule has 2 N–H and O–H groups in total. The predicted molar refractivity (Wildman–Crippen MR) is 110 cm³/mol. The molecule has 2 aromatic heterocycles. The van der Waals surface area contributed by atoms with Gasteiger partial charge in [0.1, 0.15) is 10.7 Å². The molecule has 1 saturated heterocycles. The molecule has 1 aromatic carbocycles. The number of nitrogens with two attached hydrogens (primary N) is 1. The average Bonchev–Trinajstić information content (AvgIpc) is 3.28. The second kappa shape index (κ2) is 7.79. The summed E-state index contributed by atoms with van der Waals surface area (Å²) in [6.45, 7) is 3.74. The minimum absolute atomic E-state index is 0.101. The summed E-state index contributed by atoms with van der Waals surface area (Å²) in [5.74, 6) is 0.366. The molecule has 4 rings (SSSR count). The smallest absolute Gasteiger partial charge is 0.289 e. The molecule has 0 spiro atoms. The summed E-state index contributed by atoms with van der Waals surface area (Å²) in [6.07, 6.45) is 2.71. The Morgan fingerprint density at radius 3 is 2.53 bits per heavy atom. The van der Waals surface area contributed by atoms with E-state index >= 15 is 0 Å². The number of carbonyl (C=O) groups is 1. The first-order valence-corrected chi connectivity index (χ1v) is 10.9. The lowest BCUT2D eigenvalue weighted by Gasteiger charge is -2.34. The molecule has 0 atom stereocenters. The number of rotatable bonds is 4. The largest absolute Gasteiger partial charge is 0.459 e. The second-order valence-electron chi connectivity index (χ2n) is 7.00. The summed E-state index contributed by atoms with van der Waals surface area (Å²) in [7, 11) is -3.82. The highest BCUT2D eigenvalue weighted by atomic mass is 32.2. The van der Waals surface area contributed by atoms with Crippen molar-refractivity contribution in [2.75, 3.05) is 36.8 Å². The molecular formula is C20H21N5O4S. The molecule has 1 aliphatic heterocycles. The SMILES string of the molecule is Cc1cccc(S(=O)(=O)c2cnc(N3CCN(C(=O)c4ccco4)CC3)nc2N)c1. The topological polar surface area (TPSA) is 123 Å². The number of aromatic nitrogens is 2. The van der Waals surface area contributed by atoms with E-state index in [1.807, 2.05) is 17.9 Å². The van der Waals surface area contributed by atoms with E-state index in [2.05, 4.69) is 9.97 Å². The Morgan fingerprint density at radius 1 is 1.13 bits per heavy atom. The predicted octanol–water partition coefficient (Wildman–Crippen LogP) is 1.76.